The van der Waals surface area contributed by atoms with Crippen molar-refractivity contribution in [2.45, 2.75) is 0 Å². The van der Waals surface area contributed by atoms with Gasteiger partial charge in [-0.15, -0.1) is 0 Å². The van der Waals surface area contributed by atoms with Gasteiger partial charge in [0, 0.05) is 0 Å². The maximum Gasteiger partial charge on any atom is 0.115 e. The summed E-state index contributed by atoms with van der Waals surface area (Å²) in [6, 6.07) is 0. The lowest BCUT2D eigenvalue weighted by Crippen LogP contribution is -0.482. The summed E-state index contributed by atoms with van der Waals surface area (Å²) in [6.07, 6.45) is 56.2. The van der Waals surface area contributed by atoms with Crippen LogP contribution in [-0.4, -0.2) is 0 Å². The van der Waals surface area contributed by atoms with Crippen molar-refractivity contribution in [3.8, 4) is 0 Å². The third-order valence-corrected chi connectivity index (χ3v) is 0. The second-order valence-corrected chi connectivity index (χ2v) is 0. The van der Waals surface area contributed by atoms with Crippen LogP contribution in [0.3, 0.4) is 0 Å². The quantitative estimate of drug-likeness (QED) is 0.300. The van der Waals surface area contributed by atoms with Crippen molar-refractivity contribution in [1.29, 1.82) is 0 Å². The fraction of sp³-hybridized carbons (Fsp3) is 0. The largest absolute Gasteiger partial charge is 0.344 e. The second kappa shape index (κ2) is 5720. The van der Waals surface area contributed by atoms with E-state index in [9.17, 15) is 0 Å². The van der Waals surface area contributed by atoms with Crippen LogP contribution in [0.1, 0.15) is 0 Å². The molecule has 0 fully saturated rings. The maximum atomic E-state index is 5.25. The number of hydrogen-bond donors (Lipinski definition) is 15. The molecule has 0 unspecified atom stereocenters. The Morgan fingerprint density at radius 1 is 0.200 bits per heavy atom. The van der Waals surface area contributed by atoms with Crippen molar-refractivity contribution in [2.24, 2.45) is 0 Å². The molecular formula is H45N15. The molecular weight excluding hydrogens is 210 g/mol. The van der Waals surface area contributed by atoms with E-state index in [0.717, 1.165) is 0 Å². The molecule has 0 saturated carbocycles. The predicted octanol–water partition coefficient (Wildman–Crippen LogP) is 2.43. The van der Waals surface area contributed by atoms with Crippen LogP contribution in [0.4, 0.5) is 0 Å². The van der Waals surface area contributed by atoms with Gasteiger partial charge in [0.15, 0.2) is 0 Å². The zero-order valence-corrected chi connectivity index (χ0v) is 8.66. The number of hydrogen-bond acceptors (Lipinski definition) is 15. The Hall–Kier alpha value is -0.600. The molecule has 0 rings (SSSR count). The fourth-order valence-electron chi connectivity index (χ4n) is 0. The van der Waals surface area contributed by atoms with Gasteiger partial charge in [-0.1, -0.05) is 0 Å². The summed E-state index contributed by atoms with van der Waals surface area (Å²) in [5.74, 6) is 0. The average molecular weight is 271 g/mol. The monoisotopic (exact) mass is 270 g/mol. The molecule has 0 heterocycles. The molecule has 120 valence electrons. The summed E-state index contributed by atoms with van der Waals surface area (Å²) < 4.78 is 78.8. The van der Waals surface area contributed by atoms with Crippen LogP contribution in [-0.2, 0) is 0 Å². The third-order valence-electron chi connectivity index (χ3n) is 0. The highest BCUT2D eigenvalue weighted by atomic mass is 14.0. The van der Waals surface area contributed by atoms with Crippen molar-refractivity contribution >= 4 is 0 Å². The molecule has 0 aromatic carbocycles. The van der Waals surface area contributed by atoms with Gasteiger partial charge in [-0.25, -0.2) is 0 Å². The average Bonchev–Trinajstić information content (AvgIpc) is 3.00. The summed E-state index contributed by atoms with van der Waals surface area (Å²) in [5.41, 5.74) is 0. The SMILES string of the molecule is [2H]N.[2H]N.[2H]N.[2H]N.[2H]N.[2H]N.[2H]N.[2H]N.[2H]N.[2H]N.[2H]N.[2H]N.[2H]N.[2H]N.[2H]N. The number of rotatable bonds is 0. The van der Waals surface area contributed by atoms with E-state index >= 15 is 0 Å². The van der Waals surface area contributed by atoms with Gasteiger partial charge in [0.1, 0.15) is 21.2 Å². The summed E-state index contributed by atoms with van der Waals surface area (Å²) in [4.78, 5) is 0. The Bertz CT molecular complexity index is 30.0. The van der Waals surface area contributed by atoms with Gasteiger partial charge < -0.3 is 92.2 Å². The lowest BCUT2D eigenvalue weighted by atomic mass is 14.0. The molecule has 15 heteroatoms. The molecule has 0 spiro atoms. The minimum absolute atomic E-state index is 3.75. The highest BCUT2D eigenvalue weighted by Crippen LogP contribution is -0.467. The molecule has 0 saturated heterocycles. The smallest absolute Gasteiger partial charge is 0.115 e. The molecule has 15 nitrogen and oxygen atoms in total. The van der Waals surface area contributed by atoms with Crippen LogP contribution >= 0.6 is 0 Å². The van der Waals surface area contributed by atoms with Gasteiger partial charge in [0.05, 0.1) is 0 Å². The van der Waals surface area contributed by atoms with Crippen molar-refractivity contribution in [1.82, 2.24) is 92.2 Å². The van der Waals surface area contributed by atoms with E-state index in [-0.39, 0.29) is 0 Å². The molecule has 0 bridgehead atoms. The third kappa shape index (κ3) is 4840. The van der Waals surface area contributed by atoms with Crippen molar-refractivity contribution in [3.05, 3.63) is 0 Å². The van der Waals surface area contributed by atoms with E-state index in [1.54, 1.807) is 0 Å². The maximum absolute atomic E-state index is 5.25. The van der Waals surface area contributed by atoms with Crippen LogP contribution in [0.5, 0.6) is 0 Å². The highest BCUT2D eigenvalue weighted by Gasteiger charge is -0.330. The molecule has 0 aliphatic heterocycles. The molecule has 0 aliphatic carbocycles. The van der Waals surface area contributed by atoms with Crippen LogP contribution in [0.15, 0.2) is 0 Å². The first-order chi connectivity index (χ1) is 15.0. The lowest BCUT2D eigenvalue weighted by Gasteiger charge is -0.345. The Morgan fingerprint density at radius 2 is 0.200 bits per heavy atom. The second-order valence-electron chi connectivity index (χ2n) is 0. The van der Waals surface area contributed by atoms with Gasteiger partial charge in [0.2, 0.25) is 0 Å². The van der Waals surface area contributed by atoms with Gasteiger partial charge in [0.25, 0.3) is 0 Å². The van der Waals surface area contributed by atoms with Gasteiger partial charge >= 0.3 is 0 Å². The predicted molar refractivity (Wildman–Crippen MR) is 75.3 cm³/mol. The Kier molecular flexibility index (Phi) is 4760. The molecule has 0 amide bonds. The van der Waals surface area contributed by atoms with Gasteiger partial charge in [-0.3, -0.25) is 0 Å². The Balaban J connectivity index is -0.00000000618. The van der Waals surface area contributed by atoms with E-state index < -0.39 is 0 Å². The van der Waals surface area contributed by atoms with Crippen molar-refractivity contribution in [3.63, 3.8) is 0 Å². The van der Waals surface area contributed by atoms with E-state index in [2.05, 4.69) is 92.2 Å². The van der Waals surface area contributed by atoms with E-state index in [1.165, 1.54) is 0 Å². The van der Waals surface area contributed by atoms with E-state index in [0.29, 0.717) is 0 Å². The first kappa shape index (κ1) is 12.5. The van der Waals surface area contributed by atoms with Gasteiger partial charge in [-0.2, -0.15) is 0 Å². The summed E-state index contributed by atoms with van der Waals surface area (Å²) in [7, 11) is 0. The molecule has 0 radical (unpaired) electrons. The standard InChI is InChI=1S/15H3N/h15*1H3/i/hD15. The minimum atomic E-state index is 3.75. The Labute approximate surface area is 115 Å². The van der Waals surface area contributed by atoms with Crippen LogP contribution in [0.2, 0.25) is 21.2 Å². The summed E-state index contributed by atoms with van der Waals surface area (Å²) in [5, 5.41) is 0. The minimum Gasteiger partial charge on any atom is -0.344 e. The zero-order chi connectivity index (χ0) is 30.0. The van der Waals surface area contributed by atoms with Crippen molar-refractivity contribution < 1.29 is 21.2 Å². The Morgan fingerprint density at radius 3 is 0.200 bits per heavy atom. The first-order valence-electron chi connectivity index (χ1n) is 8.66. The topological polar surface area (TPSA) is 525 Å². The molecule has 0 aromatic rings. The molecule has 0 atom stereocenters. The zero-order valence-electron chi connectivity index (χ0n) is 23.7. The van der Waals surface area contributed by atoms with E-state index in [4.69, 9.17) is 21.2 Å². The van der Waals surface area contributed by atoms with Crippen LogP contribution < -0.4 is 92.2 Å². The normalized spacial score (nSPS) is 7.00. The fourth-order valence-corrected chi connectivity index (χ4v) is 0. The highest BCUT2D eigenvalue weighted by molar-refractivity contribution is 2.15. The van der Waals surface area contributed by atoms with Crippen LogP contribution in [0.25, 0.3) is 0 Å². The summed E-state index contributed by atoms with van der Waals surface area (Å²) in [6.45, 7) is 0. The van der Waals surface area contributed by atoms with Crippen molar-refractivity contribution in [2.75, 3.05) is 0 Å². The lowest BCUT2D eigenvalue weighted by molar-refractivity contribution is 2.13. The first-order valence-corrected chi connectivity index (χ1v) is 0. The molecule has 15 heavy (non-hydrogen) atoms. The molecule has 45 N–H and O–H groups in total. The summed E-state index contributed by atoms with van der Waals surface area (Å²) >= 11 is 0. The van der Waals surface area contributed by atoms with Crippen LogP contribution in [0, 0.1) is 0 Å². The van der Waals surface area contributed by atoms with Gasteiger partial charge in [-0.05, 0) is 0 Å². The molecule has 0 aliphatic rings. The molecule has 0 aromatic heterocycles. The van der Waals surface area contributed by atoms with E-state index in [1.807, 2.05) is 0 Å².